The van der Waals surface area contributed by atoms with E-state index < -0.39 is 36.3 Å². The summed E-state index contributed by atoms with van der Waals surface area (Å²) < 4.78 is 4.94. The molecular formula is C25H29N3O6. The molecule has 6 rings (SSSR count). The number of carbonyl (C=O) groups is 5. The molecule has 180 valence electrons. The van der Waals surface area contributed by atoms with Gasteiger partial charge in [0.2, 0.25) is 0 Å². The molecule has 4 fully saturated rings. The zero-order valence-corrected chi connectivity index (χ0v) is 19.2. The summed E-state index contributed by atoms with van der Waals surface area (Å²) in [5, 5.41) is 5.29. The number of carbonyl (C=O) groups excluding carboxylic acids is 5. The van der Waals surface area contributed by atoms with Crippen LogP contribution in [0.5, 0.6) is 0 Å². The van der Waals surface area contributed by atoms with Crippen molar-refractivity contribution in [1.82, 2.24) is 15.5 Å². The monoisotopic (exact) mass is 467 g/mol. The summed E-state index contributed by atoms with van der Waals surface area (Å²) in [5.41, 5.74) is 1.27. The van der Waals surface area contributed by atoms with Crippen molar-refractivity contribution in [2.24, 2.45) is 17.8 Å². The molecule has 1 aliphatic heterocycles. The number of amides is 5. The van der Waals surface area contributed by atoms with Crippen molar-refractivity contribution >= 4 is 29.7 Å². The minimum atomic E-state index is -0.732. The Hall–Kier alpha value is -3.23. The van der Waals surface area contributed by atoms with E-state index in [-0.39, 0.29) is 18.5 Å². The van der Waals surface area contributed by atoms with Crippen LogP contribution in [0.3, 0.4) is 0 Å². The van der Waals surface area contributed by atoms with E-state index in [0.717, 1.165) is 29.7 Å². The third-order valence-electron chi connectivity index (χ3n) is 7.70. The molecule has 5 amide bonds. The van der Waals surface area contributed by atoms with Gasteiger partial charge in [-0.1, -0.05) is 11.6 Å². The highest BCUT2D eigenvalue weighted by Gasteiger charge is 2.51. The fourth-order valence-corrected chi connectivity index (χ4v) is 6.73. The summed E-state index contributed by atoms with van der Waals surface area (Å²) in [6, 6.07) is 4.44. The van der Waals surface area contributed by atoms with Crippen LogP contribution >= 0.6 is 0 Å². The number of fused-ring (bicyclic) bond motifs is 1. The maximum Gasteiger partial charge on any atom is 0.321 e. The van der Waals surface area contributed by atoms with Gasteiger partial charge in [0.15, 0.2) is 6.61 Å². The summed E-state index contributed by atoms with van der Waals surface area (Å²) in [6.45, 7) is 1.08. The topological polar surface area (TPSA) is 122 Å². The maximum atomic E-state index is 12.5. The van der Waals surface area contributed by atoms with Gasteiger partial charge in [-0.25, -0.2) is 4.79 Å². The van der Waals surface area contributed by atoms with Crippen molar-refractivity contribution < 1.29 is 28.7 Å². The predicted octanol–water partition coefficient (Wildman–Crippen LogP) is 2.32. The summed E-state index contributed by atoms with van der Waals surface area (Å²) in [7, 11) is 0. The number of hydrogen-bond acceptors (Lipinski definition) is 6. The lowest BCUT2D eigenvalue weighted by atomic mass is 9.53. The van der Waals surface area contributed by atoms with Gasteiger partial charge in [0, 0.05) is 12.1 Å². The van der Waals surface area contributed by atoms with Crippen LogP contribution in [0.2, 0.25) is 0 Å². The Morgan fingerprint density at radius 2 is 1.62 bits per heavy atom. The van der Waals surface area contributed by atoms with Gasteiger partial charge in [-0.05, 0) is 75.3 Å². The van der Waals surface area contributed by atoms with Crippen molar-refractivity contribution in [2.75, 3.05) is 13.2 Å². The zero-order valence-electron chi connectivity index (χ0n) is 19.2. The van der Waals surface area contributed by atoms with Crippen LogP contribution in [0.25, 0.3) is 0 Å². The van der Waals surface area contributed by atoms with E-state index in [2.05, 4.69) is 10.6 Å². The van der Waals surface area contributed by atoms with Crippen molar-refractivity contribution in [1.29, 1.82) is 0 Å². The molecule has 1 aromatic rings. The van der Waals surface area contributed by atoms with Gasteiger partial charge in [0.1, 0.15) is 0 Å². The lowest BCUT2D eigenvalue weighted by Crippen LogP contribution is -2.62. The quantitative estimate of drug-likeness (QED) is 0.489. The van der Waals surface area contributed by atoms with Crippen LogP contribution in [0, 0.1) is 24.7 Å². The van der Waals surface area contributed by atoms with E-state index in [1.165, 1.54) is 19.3 Å². The number of aryl methyl sites for hydroxylation is 1. The van der Waals surface area contributed by atoms with E-state index in [1.54, 1.807) is 18.2 Å². The Bertz CT molecular complexity index is 1050. The standard InChI is InChI=1S/C25H29N3O6/c1-14-2-3-18-19(6-14)23(32)28(22(18)31)5-4-21(30)34-13-20(29)26-24(33)27-25-10-15-7-16(11-25)9-17(8-15)12-25/h2-3,6,15-17H,4-5,7-13H2,1H3,(H2,26,27,29,33). The van der Waals surface area contributed by atoms with E-state index in [1.807, 2.05) is 6.92 Å². The molecule has 0 unspecified atom stereocenters. The van der Waals surface area contributed by atoms with E-state index in [0.29, 0.717) is 28.9 Å². The highest BCUT2D eigenvalue weighted by Crippen LogP contribution is 2.55. The highest BCUT2D eigenvalue weighted by atomic mass is 16.5. The van der Waals surface area contributed by atoms with Crippen molar-refractivity contribution in [3.63, 3.8) is 0 Å². The summed E-state index contributed by atoms with van der Waals surface area (Å²) in [4.78, 5) is 62.5. The number of imide groups is 2. The fraction of sp³-hybridized carbons (Fsp3) is 0.560. The van der Waals surface area contributed by atoms with Gasteiger partial charge in [0.25, 0.3) is 17.7 Å². The number of ether oxygens (including phenoxy) is 1. The van der Waals surface area contributed by atoms with Gasteiger partial charge < -0.3 is 10.1 Å². The van der Waals surface area contributed by atoms with Crippen LogP contribution in [0.1, 0.15) is 71.2 Å². The van der Waals surface area contributed by atoms with Crippen LogP contribution in [-0.2, 0) is 14.3 Å². The Labute approximate surface area is 197 Å². The Morgan fingerprint density at radius 1 is 1.00 bits per heavy atom. The molecule has 34 heavy (non-hydrogen) atoms. The molecular weight excluding hydrogens is 438 g/mol. The molecule has 0 spiro atoms. The van der Waals surface area contributed by atoms with Crippen LogP contribution in [0.4, 0.5) is 4.79 Å². The summed E-state index contributed by atoms with van der Waals surface area (Å²) >= 11 is 0. The molecule has 9 nitrogen and oxygen atoms in total. The highest BCUT2D eigenvalue weighted by molar-refractivity contribution is 6.21. The van der Waals surface area contributed by atoms with Crippen LogP contribution < -0.4 is 10.6 Å². The number of benzene rings is 1. The third-order valence-corrected chi connectivity index (χ3v) is 7.70. The van der Waals surface area contributed by atoms with E-state index >= 15 is 0 Å². The average molecular weight is 468 g/mol. The first-order valence-corrected chi connectivity index (χ1v) is 12.0. The van der Waals surface area contributed by atoms with Gasteiger partial charge in [0.05, 0.1) is 17.5 Å². The van der Waals surface area contributed by atoms with Gasteiger partial charge in [-0.3, -0.25) is 29.4 Å². The minimum absolute atomic E-state index is 0.141. The Balaban J connectivity index is 1.05. The first kappa shape index (κ1) is 22.6. The van der Waals surface area contributed by atoms with Gasteiger partial charge in [-0.15, -0.1) is 0 Å². The second kappa shape index (κ2) is 8.52. The zero-order chi connectivity index (χ0) is 24.0. The lowest BCUT2D eigenvalue weighted by molar-refractivity contribution is -0.148. The molecule has 0 atom stereocenters. The van der Waals surface area contributed by atoms with Crippen LogP contribution in [0.15, 0.2) is 18.2 Å². The number of hydrogen-bond donors (Lipinski definition) is 2. The maximum absolute atomic E-state index is 12.5. The van der Waals surface area contributed by atoms with Gasteiger partial charge in [-0.2, -0.15) is 0 Å². The number of esters is 1. The molecule has 4 bridgehead atoms. The molecule has 1 aromatic carbocycles. The molecule has 4 aliphatic carbocycles. The number of nitrogens with zero attached hydrogens (tertiary/aromatic N) is 1. The number of urea groups is 1. The lowest BCUT2D eigenvalue weighted by Gasteiger charge is -2.56. The van der Waals surface area contributed by atoms with Crippen LogP contribution in [-0.4, -0.2) is 53.3 Å². The predicted molar refractivity (Wildman–Crippen MR) is 120 cm³/mol. The second-order valence-electron chi connectivity index (χ2n) is 10.4. The molecule has 9 heteroatoms. The molecule has 0 radical (unpaired) electrons. The Morgan fingerprint density at radius 3 is 2.26 bits per heavy atom. The molecule has 4 saturated carbocycles. The summed E-state index contributed by atoms with van der Waals surface area (Å²) in [5.74, 6) is -0.364. The molecule has 0 saturated heterocycles. The molecule has 2 N–H and O–H groups in total. The smallest absolute Gasteiger partial charge is 0.321 e. The second-order valence-corrected chi connectivity index (χ2v) is 10.4. The first-order valence-electron chi connectivity index (χ1n) is 12.0. The van der Waals surface area contributed by atoms with E-state index in [9.17, 15) is 24.0 Å². The Kier molecular flexibility index (Phi) is 5.65. The largest absolute Gasteiger partial charge is 0.456 e. The molecule has 1 heterocycles. The van der Waals surface area contributed by atoms with Crippen molar-refractivity contribution in [3.05, 3.63) is 34.9 Å². The summed E-state index contributed by atoms with van der Waals surface area (Å²) in [6.07, 6.45) is 6.40. The fourth-order valence-electron chi connectivity index (χ4n) is 6.73. The molecule has 0 aromatic heterocycles. The van der Waals surface area contributed by atoms with Crippen molar-refractivity contribution in [3.8, 4) is 0 Å². The SMILES string of the molecule is Cc1ccc2c(c1)C(=O)N(CCC(=O)OCC(=O)NC(=O)NC13CC4CC(CC(C4)C1)C3)C2=O. The minimum Gasteiger partial charge on any atom is -0.456 e. The van der Waals surface area contributed by atoms with Crippen molar-refractivity contribution in [2.45, 2.75) is 57.4 Å². The first-order chi connectivity index (χ1) is 16.2. The average Bonchev–Trinajstić information content (AvgIpc) is 2.98. The third kappa shape index (κ3) is 4.31. The van der Waals surface area contributed by atoms with E-state index in [4.69, 9.17) is 4.74 Å². The van der Waals surface area contributed by atoms with Gasteiger partial charge >= 0.3 is 12.0 Å². The normalized spacial score (nSPS) is 28.6. The number of nitrogens with one attached hydrogen (secondary N) is 2. The number of rotatable bonds is 6. The molecule has 5 aliphatic rings.